The molecule has 7 heteroatoms. The van der Waals surface area contributed by atoms with Crippen LogP contribution in [0.4, 0.5) is 13.2 Å². The molecule has 1 saturated heterocycles. The number of likely N-dealkylation sites (N-methyl/N-ethyl adjacent to an activating group) is 1. The first-order valence-corrected chi connectivity index (χ1v) is 8.11. The topological polar surface area (TPSA) is 43.8 Å². The molecule has 1 N–H and O–H groups in total. The molecule has 0 bridgehead atoms. The number of hydrogen-bond donors (Lipinski definition) is 1. The molecule has 1 amide bonds. The maximum Gasteiger partial charge on any atom is 0.416 e. The monoisotopic (exact) mass is 342 g/mol. The van der Waals surface area contributed by atoms with Crippen LogP contribution in [0.1, 0.15) is 36.4 Å². The van der Waals surface area contributed by atoms with Gasteiger partial charge in [-0.2, -0.15) is 13.2 Å². The van der Waals surface area contributed by atoms with Crippen LogP contribution < -0.4 is 0 Å². The minimum Gasteiger partial charge on any atom is -0.392 e. The first-order chi connectivity index (χ1) is 11.3. The summed E-state index contributed by atoms with van der Waals surface area (Å²) in [7, 11) is 1.73. The Balaban J connectivity index is 1.82. The van der Waals surface area contributed by atoms with Gasteiger partial charge in [0, 0.05) is 25.7 Å². The van der Waals surface area contributed by atoms with Crippen molar-refractivity contribution in [2.45, 2.75) is 43.6 Å². The number of alkyl halides is 3. The van der Waals surface area contributed by atoms with Crippen LogP contribution in [0, 0.1) is 0 Å². The largest absolute Gasteiger partial charge is 0.416 e. The average molecular weight is 342 g/mol. The molecule has 1 aromatic carbocycles. The first kappa shape index (κ1) is 17.2. The van der Waals surface area contributed by atoms with E-state index >= 15 is 0 Å². The molecule has 1 aromatic rings. The molecule has 1 heterocycles. The number of rotatable bonds is 4. The highest BCUT2D eigenvalue weighted by molar-refractivity contribution is 5.78. The number of aliphatic hydroxyl groups excluding tert-OH is 1. The third kappa shape index (κ3) is 3.57. The van der Waals surface area contributed by atoms with Gasteiger partial charge in [-0.15, -0.1) is 0 Å². The van der Waals surface area contributed by atoms with Gasteiger partial charge in [0.2, 0.25) is 5.91 Å². The molecule has 2 fully saturated rings. The molecule has 2 aliphatic rings. The van der Waals surface area contributed by atoms with Crippen LogP contribution >= 0.6 is 0 Å². The summed E-state index contributed by atoms with van der Waals surface area (Å²) >= 11 is 0. The number of β-amino-alcohol motifs (C(OH)–C–C–N with tert-alkyl or cyclic N) is 1. The Labute approximate surface area is 138 Å². The van der Waals surface area contributed by atoms with Crippen molar-refractivity contribution in [1.29, 1.82) is 0 Å². The Morgan fingerprint density at radius 1 is 1.33 bits per heavy atom. The molecule has 0 unspecified atom stereocenters. The fourth-order valence-electron chi connectivity index (χ4n) is 3.37. The third-order valence-electron chi connectivity index (χ3n) is 4.83. The summed E-state index contributed by atoms with van der Waals surface area (Å²) in [5.41, 5.74) is -0.569. The summed E-state index contributed by atoms with van der Waals surface area (Å²) in [6.07, 6.45) is -3.02. The van der Waals surface area contributed by atoms with E-state index < -0.39 is 23.9 Å². The predicted octanol–water partition coefficient (Wildman–Crippen LogP) is 2.43. The van der Waals surface area contributed by atoms with E-state index in [2.05, 4.69) is 0 Å². The van der Waals surface area contributed by atoms with Gasteiger partial charge in [0.05, 0.1) is 18.2 Å². The van der Waals surface area contributed by atoms with Crippen LogP contribution in [0.2, 0.25) is 0 Å². The van der Waals surface area contributed by atoms with Crippen LogP contribution in [0.5, 0.6) is 0 Å². The number of benzene rings is 1. The van der Waals surface area contributed by atoms with Gasteiger partial charge in [-0.3, -0.25) is 9.69 Å². The second-order valence-corrected chi connectivity index (χ2v) is 6.66. The normalized spacial score (nSPS) is 25.0. The van der Waals surface area contributed by atoms with E-state index in [0.717, 1.165) is 18.9 Å². The molecule has 2 atom stereocenters. The van der Waals surface area contributed by atoms with Gasteiger partial charge in [0.15, 0.2) is 0 Å². The van der Waals surface area contributed by atoms with E-state index in [1.54, 1.807) is 22.9 Å². The van der Waals surface area contributed by atoms with Crippen molar-refractivity contribution < 1.29 is 23.1 Å². The van der Waals surface area contributed by atoms with Crippen molar-refractivity contribution in [3.05, 3.63) is 35.4 Å². The number of carbonyl (C=O) groups is 1. The van der Waals surface area contributed by atoms with Gasteiger partial charge in [-0.1, -0.05) is 18.2 Å². The van der Waals surface area contributed by atoms with E-state index in [-0.39, 0.29) is 37.0 Å². The molecule has 0 spiro atoms. The molecule has 0 radical (unpaired) electrons. The van der Waals surface area contributed by atoms with Crippen LogP contribution in [0.15, 0.2) is 24.3 Å². The number of carbonyl (C=O) groups excluding carboxylic acids is 1. The fraction of sp³-hybridized carbons (Fsp3) is 0.588. The quantitative estimate of drug-likeness (QED) is 0.914. The zero-order valence-corrected chi connectivity index (χ0v) is 13.5. The molecular weight excluding hydrogens is 321 g/mol. The second-order valence-electron chi connectivity index (χ2n) is 6.66. The van der Waals surface area contributed by atoms with E-state index in [1.165, 1.54) is 12.1 Å². The predicted molar refractivity (Wildman–Crippen MR) is 82.2 cm³/mol. The van der Waals surface area contributed by atoms with E-state index in [1.807, 2.05) is 0 Å². The highest BCUT2D eigenvalue weighted by atomic mass is 19.4. The number of hydrogen-bond acceptors (Lipinski definition) is 3. The van der Waals surface area contributed by atoms with Gasteiger partial charge < -0.3 is 10.0 Å². The Morgan fingerprint density at radius 3 is 2.62 bits per heavy atom. The Bertz CT molecular complexity index is 616. The number of likely N-dealkylation sites (tertiary alicyclic amines) is 1. The minimum atomic E-state index is -4.45. The van der Waals surface area contributed by atoms with Crippen molar-refractivity contribution in [2.24, 2.45) is 0 Å². The standard InChI is InChI=1S/C17H21F3N2O2/c1-21(11-6-7-11)16(24)10-22-9-12(23)8-15(22)13-4-2-3-5-14(13)17(18,19)20/h2-5,11-12,15,23H,6-10H2,1H3/t12-,15+/m0/s1. The maximum atomic E-state index is 13.3. The fourth-order valence-corrected chi connectivity index (χ4v) is 3.37. The zero-order valence-electron chi connectivity index (χ0n) is 13.5. The lowest BCUT2D eigenvalue weighted by Gasteiger charge is -2.28. The van der Waals surface area contributed by atoms with Gasteiger partial charge in [-0.25, -0.2) is 0 Å². The molecule has 132 valence electrons. The van der Waals surface area contributed by atoms with Gasteiger partial charge in [0.1, 0.15) is 0 Å². The highest BCUT2D eigenvalue weighted by Crippen LogP contribution is 2.40. The van der Waals surface area contributed by atoms with Crippen molar-refractivity contribution in [1.82, 2.24) is 9.80 Å². The third-order valence-corrected chi connectivity index (χ3v) is 4.83. The smallest absolute Gasteiger partial charge is 0.392 e. The summed E-state index contributed by atoms with van der Waals surface area (Å²) in [4.78, 5) is 15.7. The Hall–Kier alpha value is -1.60. The van der Waals surface area contributed by atoms with Crippen LogP contribution in [0.3, 0.4) is 0 Å². The van der Waals surface area contributed by atoms with Crippen molar-refractivity contribution >= 4 is 5.91 Å². The lowest BCUT2D eigenvalue weighted by atomic mass is 9.97. The Kier molecular flexibility index (Phi) is 4.57. The molecule has 1 aliphatic carbocycles. The van der Waals surface area contributed by atoms with Gasteiger partial charge in [-0.05, 0) is 30.9 Å². The zero-order chi connectivity index (χ0) is 17.5. The number of nitrogens with zero attached hydrogens (tertiary/aromatic N) is 2. The number of amides is 1. The maximum absolute atomic E-state index is 13.3. The van der Waals surface area contributed by atoms with Crippen molar-refractivity contribution in [2.75, 3.05) is 20.1 Å². The second kappa shape index (κ2) is 6.37. The average Bonchev–Trinajstić information content (AvgIpc) is 3.29. The highest BCUT2D eigenvalue weighted by Gasteiger charge is 2.41. The van der Waals surface area contributed by atoms with Crippen LogP contribution in [-0.4, -0.2) is 53.1 Å². The lowest BCUT2D eigenvalue weighted by molar-refractivity contribution is -0.138. The van der Waals surface area contributed by atoms with Gasteiger partial charge in [0.25, 0.3) is 0 Å². The minimum absolute atomic E-state index is 0.0287. The molecule has 0 aromatic heterocycles. The summed E-state index contributed by atoms with van der Waals surface area (Å²) in [5.74, 6) is -0.110. The van der Waals surface area contributed by atoms with E-state index in [9.17, 15) is 23.1 Å². The van der Waals surface area contributed by atoms with Crippen molar-refractivity contribution in [3.63, 3.8) is 0 Å². The first-order valence-electron chi connectivity index (χ1n) is 8.11. The summed E-state index contributed by atoms with van der Waals surface area (Å²) in [5, 5.41) is 9.95. The van der Waals surface area contributed by atoms with Gasteiger partial charge >= 0.3 is 6.18 Å². The van der Waals surface area contributed by atoms with Crippen molar-refractivity contribution in [3.8, 4) is 0 Å². The SMILES string of the molecule is CN(C(=O)CN1C[C@@H](O)C[C@@H]1c1ccccc1C(F)(F)F)C1CC1. The number of aliphatic hydroxyl groups is 1. The molecule has 1 aliphatic heterocycles. The van der Waals surface area contributed by atoms with E-state index in [0.29, 0.717) is 0 Å². The molecule has 1 saturated carbocycles. The number of halogens is 3. The van der Waals surface area contributed by atoms with Crippen LogP contribution in [-0.2, 0) is 11.0 Å². The Morgan fingerprint density at radius 2 is 2.00 bits per heavy atom. The molecule has 24 heavy (non-hydrogen) atoms. The van der Waals surface area contributed by atoms with Crippen LogP contribution in [0.25, 0.3) is 0 Å². The molecule has 3 rings (SSSR count). The lowest BCUT2D eigenvalue weighted by Crippen LogP contribution is -2.39. The summed E-state index contributed by atoms with van der Waals surface area (Å²) < 4.78 is 39.8. The molecular formula is C17H21F3N2O2. The molecule has 4 nitrogen and oxygen atoms in total. The van der Waals surface area contributed by atoms with E-state index in [4.69, 9.17) is 0 Å². The summed E-state index contributed by atoms with van der Waals surface area (Å²) in [6, 6.07) is 5.06. The summed E-state index contributed by atoms with van der Waals surface area (Å²) in [6.45, 7) is 0.238.